The van der Waals surface area contributed by atoms with Gasteiger partial charge in [-0.05, 0) is 19.3 Å². The Morgan fingerprint density at radius 2 is 1.83 bits per heavy atom. The van der Waals surface area contributed by atoms with Crippen molar-refractivity contribution in [3.05, 3.63) is 17.0 Å². The lowest BCUT2D eigenvalue weighted by Gasteiger charge is -2.29. The van der Waals surface area contributed by atoms with Gasteiger partial charge in [0.05, 0.1) is 6.61 Å². The molecule has 0 aromatic carbocycles. The van der Waals surface area contributed by atoms with Gasteiger partial charge in [-0.3, -0.25) is 19.1 Å². The van der Waals surface area contributed by atoms with Crippen molar-refractivity contribution in [2.24, 2.45) is 7.05 Å². The van der Waals surface area contributed by atoms with E-state index in [0.29, 0.717) is 38.4 Å². The van der Waals surface area contributed by atoms with E-state index in [1.165, 1.54) is 0 Å². The predicted molar refractivity (Wildman–Crippen MR) is 106 cm³/mol. The number of hydrogen-bond acceptors (Lipinski definition) is 5. The number of ether oxygens (including phenoxy) is 1. The third kappa shape index (κ3) is 5.14. The number of amides is 3. The summed E-state index contributed by atoms with van der Waals surface area (Å²) in [5.41, 5.74) is 2.35. The Labute approximate surface area is 171 Å². The number of aryl methyl sites for hydroxylation is 1. The van der Waals surface area contributed by atoms with Gasteiger partial charge in [-0.1, -0.05) is 0 Å². The summed E-state index contributed by atoms with van der Waals surface area (Å²) in [6, 6.07) is 0. The fourth-order valence-electron chi connectivity index (χ4n) is 3.98. The number of nitrogens with one attached hydrogen (secondary N) is 1. The molecule has 1 N–H and O–H groups in total. The van der Waals surface area contributed by atoms with E-state index < -0.39 is 0 Å². The highest BCUT2D eigenvalue weighted by Crippen LogP contribution is 2.25. The Hall–Kier alpha value is -2.42. The molecular formula is C20H31N5O4. The first-order chi connectivity index (χ1) is 14.0. The maximum atomic E-state index is 13.0. The molecule has 1 saturated heterocycles. The summed E-state index contributed by atoms with van der Waals surface area (Å²) in [5.74, 6) is -0.262. The summed E-state index contributed by atoms with van der Waals surface area (Å²) in [4.78, 5) is 41.0. The van der Waals surface area contributed by atoms with Crippen LogP contribution < -0.4 is 5.32 Å². The highest BCUT2D eigenvalue weighted by atomic mass is 16.5. The first kappa shape index (κ1) is 21.3. The number of piperidine rings is 1. The van der Waals surface area contributed by atoms with E-state index in [1.807, 2.05) is 11.9 Å². The van der Waals surface area contributed by atoms with Gasteiger partial charge in [0.1, 0.15) is 0 Å². The summed E-state index contributed by atoms with van der Waals surface area (Å²) in [5, 5.41) is 7.21. The van der Waals surface area contributed by atoms with Crippen LogP contribution in [0.4, 0.5) is 0 Å². The minimum absolute atomic E-state index is 0.0339. The van der Waals surface area contributed by atoms with E-state index in [9.17, 15) is 14.4 Å². The van der Waals surface area contributed by atoms with Crippen molar-refractivity contribution in [3.8, 4) is 0 Å². The number of likely N-dealkylation sites (tertiary alicyclic amines) is 1. The van der Waals surface area contributed by atoms with Crippen molar-refractivity contribution in [2.75, 3.05) is 39.9 Å². The van der Waals surface area contributed by atoms with Crippen LogP contribution in [0.2, 0.25) is 0 Å². The van der Waals surface area contributed by atoms with E-state index in [0.717, 1.165) is 43.6 Å². The molecule has 3 rings (SSSR count). The quantitative estimate of drug-likeness (QED) is 0.666. The number of rotatable bonds is 7. The Bertz CT molecular complexity index is 754. The molecule has 2 aliphatic rings. The van der Waals surface area contributed by atoms with Gasteiger partial charge in [0.2, 0.25) is 11.8 Å². The Morgan fingerprint density at radius 3 is 2.55 bits per heavy atom. The molecule has 0 spiro atoms. The smallest absolute Gasteiger partial charge is 0.274 e. The fourth-order valence-corrected chi connectivity index (χ4v) is 3.98. The summed E-state index contributed by atoms with van der Waals surface area (Å²) >= 11 is 0. The molecule has 160 valence electrons. The largest absolute Gasteiger partial charge is 0.383 e. The Kier molecular flexibility index (Phi) is 7.24. The van der Waals surface area contributed by atoms with Crippen LogP contribution in [0.5, 0.6) is 0 Å². The second-order valence-corrected chi connectivity index (χ2v) is 7.66. The van der Waals surface area contributed by atoms with E-state index in [1.54, 1.807) is 16.7 Å². The lowest BCUT2D eigenvalue weighted by molar-refractivity contribution is -0.134. The first-order valence-corrected chi connectivity index (χ1v) is 10.4. The summed E-state index contributed by atoms with van der Waals surface area (Å²) < 4.78 is 6.67. The number of hydrogen-bond donors (Lipinski definition) is 1. The van der Waals surface area contributed by atoms with Gasteiger partial charge in [0.25, 0.3) is 5.91 Å². The standard InChI is InChI=1S/C20H31N5O4/c1-23-16-8-12-25(18(27)7-6-17(26)21-9-13-29-2)14-15(16)19(22-23)20(28)24-10-4-3-5-11-24/h3-14H2,1-2H3,(H,21,26). The van der Waals surface area contributed by atoms with Crippen molar-refractivity contribution in [3.63, 3.8) is 0 Å². The molecule has 3 amide bonds. The van der Waals surface area contributed by atoms with E-state index >= 15 is 0 Å². The number of carbonyl (C=O) groups excluding carboxylic acids is 3. The van der Waals surface area contributed by atoms with Crippen LogP contribution in [0, 0.1) is 0 Å². The third-order valence-corrected chi connectivity index (χ3v) is 5.64. The zero-order valence-electron chi connectivity index (χ0n) is 17.4. The van der Waals surface area contributed by atoms with Gasteiger partial charge in [-0.25, -0.2) is 0 Å². The molecule has 29 heavy (non-hydrogen) atoms. The van der Waals surface area contributed by atoms with Gasteiger partial charge in [-0.2, -0.15) is 5.10 Å². The molecule has 1 aromatic heterocycles. The first-order valence-electron chi connectivity index (χ1n) is 10.4. The molecule has 9 nitrogen and oxygen atoms in total. The van der Waals surface area contributed by atoms with Crippen molar-refractivity contribution in [2.45, 2.75) is 45.1 Å². The molecule has 9 heteroatoms. The molecule has 0 aliphatic carbocycles. The monoisotopic (exact) mass is 405 g/mol. The van der Waals surface area contributed by atoms with Crippen molar-refractivity contribution < 1.29 is 19.1 Å². The number of carbonyl (C=O) groups is 3. The average molecular weight is 405 g/mol. The van der Waals surface area contributed by atoms with Crippen LogP contribution in [0.15, 0.2) is 0 Å². The minimum atomic E-state index is -0.157. The number of nitrogens with zero attached hydrogens (tertiary/aromatic N) is 4. The molecule has 3 heterocycles. The predicted octanol–water partition coefficient (Wildman–Crippen LogP) is 0.474. The lowest BCUT2D eigenvalue weighted by Crippen LogP contribution is -2.39. The fraction of sp³-hybridized carbons (Fsp3) is 0.700. The summed E-state index contributed by atoms with van der Waals surface area (Å²) in [6.45, 7) is 3.38. The zero-order valence-corrected chi connectivity index (χ0v) is 17.4. The van der Waals surface area contributed by atoms with Crippen molar-refractivity contribution >= 4 is 17.7 Å². The summed E-state index contributed by atoms with van der Waals surface area (Å²) in [6.07, 6.45) is 4.18. The van der Waals surface area contributed by atoms with Gasteiger partial charge in [0, 0.05) is 77.4 Å². The van der Waals surface area contributed by atoms with Crippen LogP contribution in [-0.4, -0.2) is 77.2 Å². The van der Waals surface area contributed by atoms with E-state index in [2.05, 4.69) is 10.4 Å². The van der Waals surface area contributed by atoms with Crippen molar-refractivity contribution in [1.29, 1.82) is 0 Å². The molecule has 0 bridgehead atoms. The molecule has 1 aromatic rings. The second-order valence-electron chi connectivity index (χ2n) is 7.66. The van der Waals surface area contributed by atoms with E-state index in [4.69, 9.17) is 4.74 Å². The average Bonchev–Trinajstić information content (AvgIpc) is 3.08. The van der Waals surface area contributed by atoms with E-state index in [-0.39, 0.29) is 30.6 Å². The molecule has 2 aliphatic heterocycles. The molecule has 0 radical (unpaired) electrons. The third-order valence-electron chi connectivity index (χ3n) is 5.64. The summed E-state index contributed by atoms with van der Waals surface area (Å²) in [7, 11) is 3.43. The van der Waals surface area contributed by atoms with Crippen LogP contribution in [0.25, 0.3) is 0 Å². The highest BCUT2D eigenvalue weighted by molar-refractivity contribution is 5.94. The Morgan fingerprint density at radius 1 is 1.07 bits per heavy atom. The van der Waals surface area contributed by atoms with Crippen LogP contribution >= 0.6 is 0 Å². The molecule has 0 saturated carbocycles. The van der Waals surface area contributed by atoms with Crippen LogP contribution in [0.1, 0.15) is 53.8 Å². The molecular weight excluding hydrogens is 374 g/mol. The number of fused-ring (bicyclic) bond motifs is 1. The highest BCUT2D eigenvalue weighted by Gasteiger charge is 2.31. The molecule has 0 unspecified atom stereocenters. The van der Waals surface area contributed by atoms with Gasteiger partial charge < -0.3 is 19.9 Å². The SMILES string of the molecule is COCCNC(=O)CCC(=O)N1CCc2c(c(C(=O)N3CCCCC3)nn2C)C1. The topological polar surface area (TPSA) is 96.8 Å². The van der Waals surface area contributed by atoms with Crippen LogP contribution in [0.3, 0.4) is 0 Å². The Balaban J connectivity index is 1.61. The maximum Gasteiger partial charge on any atom is 0.274 e. The van der Waals surface area contributed by atoms with Gasteiger partial charge in [-0.15, -0.1) is 0 Å². The lowest BCUT2D eigenvalue weighted by atomic mass is 10.0. The van der Waals surface area contributed by atoms with Crippen LogP contribution in [-0.2, 0) is 34.3 Å². The minimum Gasteiger partial charge on any atom is -0.383 e. The number of methoxy groups -OCH3 is 1. The molecule has 0 atom stereocenters. The van der Waals surface area contributed by atoms with Gasteiger partial charge in [0.15, 0.2) is 5.69 Å². The number of aromatic nitrogens is 2. The normalized spacial score (nSPS) is 16.5. The van der Waals surface area contributed by atoms with Gasteiger partial charge >= 0.3 is 0 Å². The molecule has 1 fully saturated rings. The van der Waals surface area contributed by atoms with Crippen molar-refractivity contribution in [1.82, 2.24) is 24.9 Å². The maximum absolute atomic E-state index is 13.0. The zero-order chi connectivity index (χ0) is 20.8. The second kappa shape index (κ2) is 9.87.